The minimum absolute atomic E-state index is 0.0966. The first kappa shape index (κ1) is 13.8. The highest BCUT2D eigenvalue weighted by molar-refractivity contribution is 5.87. The summed E-state index contributed by atoms with van der Waals surface area (Å²) in [4.78, 5) is 15.1. The van der Waals surface area contributed by atoms with E-state index in [-0.39, 0.29) is 12.2 Å². The Morgan fingerprint density at radius 1 is 1.14 bits per heavy atom. The number of hydrogen-bond donors (Lipinski definition) is 1. The summed E-state index contributed by atoms with van der Waals surface area (Å²) in [5, 5.41) is 12.8. The SMILES string of the molecule is O=C(O)c1cccc(OCc2noc(-c3ccccc3)n2)c1. The molecule has 0 unspecified atom stereocenters. The normalized spacial score (nSPS) is 10.4. The third-order valence-corrected chi connectivity index (χ3v) is 2.94. The molecule has 0 saturated carbocycles. The van der Waals surface area contributed by atoms with Gasteiger partial charge in [0.15, 0.2) is 6.61 Å². The zero-order valence-corrected chi connectivity index (χ0v) is 11.5. The summed E-state index contributed by atoms with van der Waals surface area (Å²) >= 11 is 0. The quantitative estimate of drug-likeness (QED) is 0.779. The first-order valence-electron chi connectivity index (χ1n) is 6.56. The van der Waals surface area contributed by atoms with Crippen LogP contribution in [0.5, 0.6) is 5.75 Å². The van der Waals surface area contributed by atoms with Crippen molar-refractivity contribution in [1.29, 1.82) is 0 Å². The van der Waals surface area contributed by atoms with E-state index >= 15 is 0 Å². The highest BCUT2D eigenvalue weighted by atomic mass is 16.5. The molecule has 0 bridgehead atoms. The highest BCUT2D eigenvalue weighted by Crippen LogP contribution is 2.18. The van der Waals surface area contributed by atoms with Crippen molar-refractivity contribution in [3.63, 3.8) is 0 Å². The van der Waals surface area contributed by atoms with E-state index in [1.54, 1.807) is 12.1 Å². The van der Waals surface area contributed by atoms with Crippen molar-refractivity contribution in [3.05, 3.63) is 66.0 Å². The molecule has 0 radical (unpaired) electrons. The fourth-order valence-corrected chi connectivity index (χ4v) is 1.88. The lowest BCUT2D eigenvalue weighted by Crippen LogP contribution is -2.00. The van der Waals surface area contributed by atoms with Gasteiger partial charge in [-0.1, -0.05) is 29.4 Å². The van der Waals surface area contributed by atoms with Gasteiger partial charge in [-0.05, 0) is 30.3 Å². The Labute approximate surface area is 126 Å². The van der Waals surface area contributed by atoms with Gasteiger partial charge in [-0.25, -0.2) is 4.79 Å². The first-order chi connectivity index (χ1) is 10.7. The van der Waals surface area contributed by atoms with Gasteiger partial charge in [0.2, 0.25) is 5.82 Å². The number of carboxylic acids is 1. The van der Waals surface area contributed by atoms with Crippen LogP contribution in [0.2, 0.25) is 0 Å². The number of ether oxygens (including phenoxy) is 1. The van der Waals surface area contributed by atoms with E-state index in [1.807, 2.05) is 30.3 Å². The molecule has 1 heterocycles. The Morgan fingerprint density at radius 3 is 2.73 bits per heavy atom. The van der Waals surface area contributed by atoms with Crippen LogP contribution in [0.3, 0.4) is 0 Å². The molecule has 0 spiro atoms. The summed E-state index contributed by atoms with van der Waals surface area (Å²) < 4.78 is 10.6. The standard InChI is InChI=1S/C16H12N2O4/c19-16(20)12-7-4-8-13(9-12)21-10-14-17-15(22-18-14)11-5-2-1-3-6-11/h1-9H,10H2,(H,19,20). The molecule has 22 heavy (non-hydrogen) atoms. The summed E-state index contributed by atoms with van der Waals surface area (Å²) in [7, 11) is 0. The minimum atomic E-state index is -1.00. The Kier molecular flexibility index (Phi) is 3.82. The van der Waals surface area contributed by atoms with Crippen LogP contribution in [-0.4, -0.2) is 21.2 Å². The number of hydrogen-bond acceptors (Lipinski definition) is 5. The van der Waals surface area contributed by atoms with Crippen LogP contribution in [0, 0.1) is 0 Å². The zero-order chi connectivity index (χ0) is 15.4. The molecule has 3 aromatic rings. The number of rotatable bonds is 5. The van der Waals surface area contributed by atoms with Gasteiger partial charge in [0.05, 0.1) is 5.56 Å². The fraction of sp³-hybridized carbons (Fsp3) is 0.0625. The molecule has 0 aliphatic rings. The van der Waals surface area contributed by atoms with E-state index in [2.05, 4.69) is 10.1 Å². The van der Waals surface area contributed by atoms with E-state index in [4.69, 9.17) is 14.4 Å². The van der Waals surface area contributed by atoms with E-state index < -0.39 is 5.97 Å². The molecule has 6 nitrogen and oxygen atoms in total. The number of aromatic carboxylic acids is 1. The molecule has 1 aromatic heterocycles. The van der Waals surface area contributed by atoms with E-state index in [1.165, 1.54) is 12.1 Å². The number of aromatic nitrogens is 2. The van der Waals surface area contributed by atoms with E-state index in [0.29, 0.717) is 17.5 Å². The number of benzene rings is 2. The van der Waals surface area contributed by atoms with Crippen molar-refractivity contribution >= 4 is 5.97 Å². The van der Waals surface area contributed by atoms with Gasteiger partial charge in [0, 0.05) is 5.56 Å². The molecular weight excluding hydrogens is 284 g/mol. The molecule has 3 rings (SSSR count). The van der Waals surface area contributed by atoms with Crippen molar-refractivity contribution in [3.8, 4) is 17.2 Å². The molecule has 2 aromatic carbocycles. The lowest BCUT2D eigenvalue weighted by molar-refractivity contribution is 0.0696. The van der Waals surface area contributed by atoms with Crippen LogP contribution < -0.4 is 4.74 Å². The predicted molar refractivity (Wildman–Crippen MR) is 77.5 cm³/mol. The van der Waals surface area contributed by atoms with Gasteiger partial charge < -0.3 is 14.4 Å². The molecule has 0 atom stereocenters. The summed E-state index contributed by atoms with van der Waals surface area (Å²) in [6.07, 6.45) is 0. The van der Waals surface area contributed by atoms with Crippen LogP contribution in [0.15, 0.2) is 59.1 Å². The van der Waals surface area contributed by atoms with Gasteiger partial charge in [0.1, 0.15) is 5.75 Å². The second-order valence-corrected chi connectivity index (χ2v) is 4.50. The van der Waals surface area contributed by atoms with Gasteiger partial charge >= 0.3 is 5.97 Å². The highest BCUT2D eigenvalue weighted by Gasteiger charge is 2.09. The average molecular weight is 296 g/mol. The van der Waals surface area contributed by atoms with Crippen molar-refractivity contribution in [2.45, 2.75) is 6.61 Å². The van der Waals surface area contributed by atoms with Crippen LogP contribution in [0.4, 0.5) is 0 Å². The molecule has 0 fully saturated rings. The molecule has 0 aliphatic carbocycles. The van der Waals surface area contributed by atoms with Crippen LogP contribution in [0.1, 0.15) is 16.2 Å². The smallest absolute Gasteiger partial charge is 0.335 e. The van der Waals surface area contributed by atoms with Crippen molar-refractivity contribution in [2.24, 2.45) is 0 Å². The maximum Gasteiger partial charge on any atom is 0.335 e. The second-order valence-electron chi connectivity index (χ2n) is 4.50. The van der Waals surface area contributed by atoms with Crippen molar-refractivity contribution in [1.82, 2.24) is 10.1 Å². The summed E-state index contributed by atoms with van der Waals surface area (Å²) in [5.41, 5.74) is 0.990. The minimum Gasteiger partial charge on any atom is -0.485 e. The zero-order valence-electron chi connectivity index (χ0n) is 11.5. The van der Waals surface area contributed by atoms with Gasteiger partial charge in [-0.3, -0.25) is 0 Å². The maximum atomic E-state index is 10.9. The number of nitrogens with zero attached hydrogens (tertiary/aromatic N) is 2. The first-order valence-corrected chi connectivity index (χ1v) is 6.56. The topological polar surface area (TPSA) is 85.5 Å². The van der Waals surface area contributed by atoms with Crippen LogP contribution in [-0.2, 0) is 6.61 Å². The molecule has 110 valence electrons. The molecule has 0 amide bonds. The largest absolute Gasteiger partial charge is 0.485 e. The lowest BCUT2D eigenvalue weighted by atomic mass is 10.2. The van der Waals surface area contributed by atoms with Crippen molar-refractivity contribution in [2.75, 3.05) is 0 Å². The maximum absolute atomic E-state index is 10.9. The third-order valence-electron chi connectivity index (χ3n) is 2.94. The average Bonchev–Trinajstić information content (AvgIpc) is 3.03. The van der Waals surface area contributed by atoms with Crippen LogP contribution in [0.25, 0.3) is 11.5 Å². The lowest BCUT2D eigenvalue weighted by Gasteiger charge is -2.03. The monoisotopic (exact) mass is 296 g/mol. The third kappa shape index (κ3) is 3.12. The predicted octanol–water partition coefficient (Wildman–Crippen LogP) is 3.01. The van der Waals surface area contributed by atoms with Gasteiger partial charge in [0.25, 0.3) is 5.89 Å². The number of carbonyl (C=O) groups is 1. The molecule has 6 heteroatoms. The van der Waals surface area contributed by atoms with Gasteiger partial charge in [-0.15, -0.1) is 0 Å². The Morgan fingerprint density at radius 2 is 1.95 bits per heavy atom. The molecule has 0 aliphatic heterocycles. The summed E-state index contributed by atoms with van der Waals surface area (Å²) in [5.74, 6) is 0.236. The Balaban J connectivity index is 1.69. The number of carboxylic acid groups (broad SMARTS) is 1. The molecule has 1 N–H and O–H groups in total. The van der Waals surface area contributed by atoms with Crippen molar-refractivity contribution < 1.29 is 19.2 Å². The Bertz CT molecular complexity index is 784. The van der Waals surface area contributed by atoms with Crippen LogP contribution >= 0.6 is 0 Å². The fourth-order valence-electron chi connectivity index (χ4n) is 1.88. The summed E-state index contributed by atoms with van der Waals surface area (Å²) in [6, 6.07) is 15.6. The van der Waals surface area contributed by atoms with E-state index in [9.17, 15) is 4.79 Å². The van der Waals surface area contributed by atoms with E-state index in [0.717, 1.165) is 5.56 Å². The second kappa shape index (κ2) is 6.09. The Hall–Kier alpha value is -3.15. The summed E-state index contributed by atoms with van der Waals surface area (Å²) in [6.45, 7) is 0.0966. The molecule has 0 saturated heterocycles. The molecular formula is C16H12N2O4. The van der Waals surface area contributed by atoms with Gasteiger partial charge in [-0.2, -0.15) is 4.98 Å².